The Morgan fingerprint density at radius 3 is 2.62 bits per heavy atom. The summed E-state index contributed by atoms with van der Waals surface area (Å²) in [7, 11) is 0. The van der Waals surface area contributed by atoms with Gasteiger partial charge < -0.3 is 15.0 Å². The predicted molar refractivity (Wildman–Crippen MR) is 80.7 cm³/mol. The average molecular weight is 289 g/mol. The number of rotatable bonds is 7. The van der Waals surface area contributed by atoms with E-state index in [1.807, 2.05) is 44.2 Å². The van der Waals surface area contributed by atoms with E-state index >= 15 is 0 Å². The topological polar surface area (TPSA) is 74.2 Å². The molecule has 0 aliphatic rings. The molecule has 0 bridgehead atoms. The Kier molecular flexibility index (Phi) is 5.09. The fourth-order valence-electron chi connectivity index (χ4n) is 2.31. The van der Waals surface area contributed by atoms with E-state index in [4.69, 9.17) is 15.0 Å². The Balaban J connectivity index is 2.29. The zero-order valence-electron chi connectivity index (χ0n) is 12.9. The summed E-state index contributed by atoms with van der Waals surface area (Å²) in [6.45, 7) is 6.50. The van der Waals surface area contributed by atoms with Crippen molar-refractivity contribution in [3.8, 4) is 0 Å². The molecule has 1 aromatic carbocycles. The quantitative estimate of drug-likeness (QED) is 0.847. The van der Waals surface area contributed by atoms with Crippen LogP contribution in [0.5, 0.6) is 0 Å². The summed E-state index contributed by atoms with van der Waals surface area (Å²) in [4.78, 5) is 4.47. The predicted octanol–water partition coefficient (Wildman–Crippen LogP) is 3.17. The van der Waals surface area contributed by atoms with Gasteiger partial charge in [-0.1, -0.05) is 48.8 Å². The molecule has 0 radical (unpaired) electrons. The minimum absolute atomic E-state index is 0.328. The van der Waals surface area contributed by atoms with Crippen LogP contribution in [0.3, 0.4) is 0 Å². The molecule has 0 fully saturated rings. The molecule has 2 unspecified atom stereocenters. The average Bonchev–Trinajstić information content (AvgIpc) is 2.96. The summed E-state index contributed by atoms with van der Waals surface area (Å²) in [6.07, 6.45) is 1.42. The standard InChI is InChI=1S/C16H23N3O2/c1-4-11-16(3,17)15-18-14(19-21-15)13(20-5-2)12-9-7-6-8-10-12/h6-10,13H,4-5,11,17H2,1-3H3. The van der Waals surface area contributed by atoms with E-state index < -0.39 is 5.54 Å². The van der Waals surface area contributed by atoms with Gasteiger partial charge >= 0.3 is 0 Å². The second-order valence-electron chi connectivity index (χ2n) is 5.37. The molecule has 5 nitrogen and oxygen atoms in total. The van der Waals surface area contributed by atoms with Crippen LogP contribution in [0.4, 0.5) is 0 Å². The summed E-state index contributed by atoms with van der Waals surface area (Å²) in [5, 5.41) is 4.07. The molecular formula is C16H23N3O2. The zero-order chi connectivity index (χ0) is 15.3. The van der Waals surface area contributed by atoms with Crippen molar-refractivity contribution in [2.75, 3.05) is 6.61 Å². The van der Waals surface area contributed by atoms with Crippen molar-refractivity contribution in [1.82, 2.24) is 10.1 Å². The van der Waals surface area contributed by atoms with Crippen LogP contribution >= 0.6 is 0 Å². The minimum atomic E-state index is -0.604. The molecule has 0 spiro atoms. The first-order chi connectivity index (χ1) is 10.1. The van der Waals surface area contributed by atoms with Gasteiger partial charge in [0, 0.05) is 6.61 Å². The van der Waals surface area contributed by atoms with Gasteiger partial charge in [-0.05, 0) is 25.8 Å². The van der Waals surface area contributed by atoms with Crippen LogP contribution in [-0.4, -0.2) is 16.7 Å². The van der Waals surface area contributed by atoms with E-state index in [-0.39, 0.29) is 6.10 Å². The lowest BCUT2D eigenvalue weighted by atomic mass is 9.98. The van der Waals surface area contributed by atoms with E-state index in [0.29, 0.717) is 18.3 Å². The van der Waals surface area contributed by atoms with Crippen molar-refractivity contribution in [3.05, 3.63) is 47.6 Å². The van der Waals surface area contributed by atoms with Gasteiger partial charge in [-0.2, -0.15) is 4.98 Å². The van der Waals surface area contributed by atoms with Crippen LogP contribution in [0.1, 0.15) is 57.0 Å². The third-order valence-corrected chi connectivity index (χ3v) is 3.37. The molecule has 114 valence electrons. The van der Waals surface area contributed by atoms with E-state index in [1.54, 1.807) is 0 Å². The lowest BCUT2D eigenvalue weighted by Gasteiger charge is -2.18. The van der Waals surface area contributed by atoms with Gasteiger partial charge in [-0.15, -0.1) is 0 Å². The van der Waals surface area contributed by atoms with Crippen molar-refractivity contribution < 1.29 is 9.26 Å². The number of hydrogen-bond acceptors (Lipinski definition) is 5. The van der Waals surface area contributed by atoms with E-state index in [0.717, 1.165) is 18.4 Å². The van der Waals surface area contributed by atoms with Crippen molar-refractivity contribution in [3.63, 3.8) is 0 Å². The van der Waals surface area contributed by atoms with Gasteiger partial charge in [-0.3, -0.25) is 0 Å². The Hall–Kier alpha value is -1.72. The molecule has 0 saturated heterocycles. The summed E-state index contributed by atoms with van der Waals surface area (Å²) >= 11 is 0. The van der Waals surface area contributed by atoms with Crippen molar-refractivity contribution in [2.24, 2.45) is 5.73 Å². The molecule has 2 rings (SSSR count). The first-order valence-electron chi connectivity index (χ1n) is 7.38. The Morgan fingerprint density at radius 1 is 1.29 bits per heavy atom. The lowest BCUT2D eigenvalue weighted by Crippen LogP contribution is -2.33. The lowest BCUT2D eigenvalue weighted by molar-refractivity contribution is 0.0833. The second-order valence-corrected chi connectivity index (χ2v) is 5.37. The van der Waals surface area contributed by atoms with E-state index in [1.165, 1.54) is 0 Å². The maximum Gasteiger partial charge on any atom is 0.246 e. The third-order valence-electron chi connectivity index (χ3n) is 3.37. The highest BCUT2D eigenvalue weighted by Gasteiger charge is 2.29. The first kappa shape index (κ1) is 15.7. The SMILES string of the molecule is CCCC(C)(N)c1nc(C(OCC)c2ccccc2)no1. The maximum atomic E-state index is 6.24. The fourth-order valence-corrected chi connectivity index (χ4v) is 2.31. The Morgan fingerprint density at radius 2 is 2.00 bits per heavy atom. The maximum absolute atomic E-state index is 6.24. The summed E-state index contributed by atoms with van der Waals surface area (Å²) < 4.78 is 11.1. The Labute approximate surface area is 125 Å². The van der Waals surface area contributed by atoms with Crippen molar-refractivity contribution >= 4 is 0 Å². The van der Waals surface area contributed by atoms with Gasteiger partial charge in [0.2, 0.25) is 11.7 Å². The number of aromatic nitrogens is 2. The summed E-state index contributed by atoms with van der Waals surface area (Å²) in [5.74, 6) is 0.978. The number of nitrogens with zero attached hydrogens (tertiary/aromatic N) is 2. The van der Waals surface area contributed by atoms with Gasteiger partial charge in [0.25, 0.3) is 0 Å². The molecule has 1 heterocycles. The molecule has 2 aromatic rings. The molecule has 0 saturated carbocycles. The van der Waals surface area contributed by atoms with E-state index in [9.17, 15) is 0 Å². The minimum Gasteiger partial charge on any atom is -0.366 e. The monoisotopic (exact) mass is 289 g/mol. The van der Waals surface area contributed by atoms with Crippen LogP contribution < -0.4 is 5.73 Å². The van der Waals surface area contributed by atoms with Crippen LogP contribution in [-0.2, 0) is 10.3 Å². The normalized spacial score (nSPS) is 15.6. The molecule has 0 aliphatic heterocycles. The number of hydrogen-bond donors (Lipinski definition) is 1. The Bertz CT molecular complexity index is 552. The molecule has 0 amide bonds. The fraction of sp³-hybridized carbons (Fsp3) is 0.500. The summed E-state index contributed by atoms with van der Waals surface area (Å²) in [6, 6.07) is 9.87. The van der Waals surface area contributed by atoms with Crippen LogP contribution in [0.25, 0.3) is 0 Å². The molecule has 21 heavy (non-hydrogen) atoms. The van der Waals surface area contributed by atoms with Gasteiger partial charge in [0.05, 0.1) is 5.54 Å². The van der Waals surface area contributed by atoms with Gasteiger partial charge in [-0.25, -0.2) is 0 Å². The number of benzene rings is 1. The van der Waals surface area contributed by atoms with Crippen LogP contribution in [0.2, 0.25) is 0 Å². The third kappa shape index (κ3) is 3.68. The van der Waals surface area contributed by atoms with Crippen molar-refractivity contribution in [1.29, 1.82) is 0 Å². The van der Waals surface area contributed by atoms with Crippen LogP contribution in [0, 0.1) is 0 Å². The molecule has 0 aliphatic carbocycles. The molecule has 2 atom stereocenters. The highest BCUT2D eigenvalue weighted by atomic mass is 16.5. The van der Waals surface area contributed by atoms with Crippen molar-refractivity contribution in [2.45, 2.75) is 45.3 Å². The highest BCUT2D eigenvalue weighted by Crippen LogP contribution is 2.27. The van der Waals surface area contributed by atoms with Gasteiger partial charge in [0.15, 0.2) is 0 Å². The van der Waals surface area contributed by atoms with Crippen LogP contribution in [0.15, 0.2) is 34.9 Å². The zero-order valence-corrected chi connectivity index (χ0v) is 12.9. The first-order valence-corrected chi connectivity index (χ1v) is 7.38. The number of nitrogens with two attached hydrogens (primary N) is 1. The molecule has 2 N–H and O–H groups in total. The smallest absolute Gasteiger partial charge is 0.246 e. The van der Waals surface area contributed by atoms with Gasteiger partial charge in [0.1, 0.15) is 6.10 Å². The molecule has 5 heteroatoms. The number of ether oxygens (including phenoxy) is 1. The second kappa shape index (κ2) is 6.83. The largest absolute Gasteiger partial charge is 0.366 e. The van der Waals surface area contributed by atoms with E-state index in [2.05, 4.69) is 17.1 Å². The molecular weight excluding hydrogens is 266 g/mol. The highest BCUT2D eigenvalue weighted by molar-refractivity contribution is 5.23. The molecule has 1 aromatic heterocycles. The summed E-state index contributed by atoms with van der Waals surface area (Å²) in [5.41, 5.74) is 6.63.